The second kappa shape index (κ2) is 4.03. The molecule has 0 aromatic carbocycles. The number of aromatic nitrogens is 1. The van der Waals surface area contributed by atoms with Gasteiger partial charge < -0.3 is 9.52 Å². The van der Waals surface area contributed by atoms with Crippen molar-refractivity contribution >= 4 is 5.97 Å². The van der Waals surface area contributed by atoms with E-state index in [-0.39, 0.29) is 11.8 Å². The van der Waals surface area contributed by atoms with Crippen LogP contribution in [0.5, 0.6) is 0 Å². The fourth-order valence-corrected chi connectivity index (χ4v) is 3.15. The molecule has 1 N–H and O–H groups in total. The lowest BCUT2D eigenvalue weighted by Gasteiger charge is -2.04. The van der Waals surface area contributed by atoms with Crippen molar-refractivity contribution in [3.63, 3.8) is 0 Å². The largest absolute Gasteiger partial charge is 0.475 e. The summed E-state index contributed by atoms with van der Waals surface area (Å²) in [4.78, 5) is 14.5. The maximum Gasteiger partial charge on any atom is 0.374 e. The number of carbonyl (C=O) groups is 1. The topological polar surface area (TPSA) is 63.3 Å². The highest BCUT2D eigenvalue weighted by Crippen LogP contribution is 2.61. The molecule has 0 bridgehead atoms. The first-order chi connectivity index (χ1) is 8.59. The molecule has 1 aromatic rings. The molecular weight excluding hydrogens is 244 g/mol. The first-order valence-corrected chi connectivity index (χ1v) is 6.11. The minimum atomic E-state index is -2.91. The monoisotopic (exact) mass is 257 g/mol. The summed E-state index contributed by atoms with van der Waals surface area (Å²) in [5.41, 5.74) is -0.735. The van der Waals surface area contributed by atoms with Crippen LogP contribution in [-0.2, 0) is 0 Å². The highest BCUT2D eigenvalue weighted by Gasteiger charge is 2.54. The van der Waals surface area contributed by atoms with Crippen LogP contribution in [0, 0.1) is 11.8 Å². The van der Waals surface area contributed by atoms with Crippen molar-refractivity contribution in [2.75, 3.05) is 0 Å². The second-order valence-electron chi connectivity index (χ2n) is 5.01. The first-order valence-electron chi connectivity index (χ1n) is 6.11. The summed E-state index contributed by atoms with van der Waals surface area (Å²) in [7, 11) is 0. The van der Waals surface area contributed by atoms with Gasteiger partial charge >= 0.3 is 5.97 Å². The SMILES string of the molecule is O=C(O)c1oc(C2C3CCCCC32)nc1C(F)F. The fraction of sp³-hybridized carbons (Fsp3) is 0.667. The van der Waals surface area contributed by atoms with Crippen LogP contribution in [0.1, 0.15) is 60.2 Å². The lowest BCUT2D eigenvalue weighted by Crippen LogP contribution is -1.99. The number of hydrogen-bond donors (Lipinski definition) is 1. The van der Waals surface area contributed by atoms with Crippen molar-refractivity contribution in [2.24, 2.45) is 11.8 Å². The van der Waals surface area contributed by atoms with E-state index in [1.54, 1.807) is 0 Å². The summed E-state index contributed by atoms with van der Waals surface area (Å²) >= 11 is 0. The van der Waals surface area contributed by atoms with E-state index in [9.17, 15) is 13.6 Å². The van der Waals surface area contributed by atoms with Crippen LogP contribution in [-0.4, -0.2) is 16.1 Å². The standard InChI is InChI=1S/C12H13F2NO3/c13-10(14)8-9(12(16)17)18-11(15-8)7-5-3-1-2-4-6(5)7/h5-7,10H,1-4H2,(H,16,17). The van der Waals surface area contributed by atoms with Crippen LogP contribution in [0.2, 0.25) is 0 Å². The fourth-order valence-electron chi connectivity index (χ4n) is 3.15. The van der Waals surface area contributed by atoms with Gasteiger partial charge in [0.1, 0.15) is 0 Å². The molecule has 2 aliphatic carbocycles. The number of fused-ring (bicyclic) bond motifs is 1. The molecule has 0 saturated heterocycles. The Morgan fingerprint density at radius 3 is 2.39 bits per heavy atom. The summed E-state index contributed by atoms with van der Waals surface area (Å²) in [5, 5.41) is 8.82. The van der Waals surface area contributed by atoms with Crippen LogP contribution in [0.3, 0.4) is 0 Å². The van der Waals surface area contributed by atoms with Gasteiger partial charge in [-0.25, -0.2) is 18.6 Å². The molecule has 2 aliphatic rings. The molecule has 2 atom stereocenters. The van der Waals surface area contributed by atoms with Gasteiger partial charge in [-0.2, -0.15) is 0 Å². The van der Waals surface area contributed by atoms with Crippen molar-refractivity contribution in [3.05, 3.63) is 17.3 Å². The predicted octanol–water partition coefficient (Wildman–Crippen LogP) is 3.21. The molecule has 0 spiro atoms. The molecule has 2 unspecified atom stereocenters. The van der Waals surface area contributed by atoms with Crippen molar-refractivity contribution in [1.29, 1.82) is 0 Å². The minimum absolute atomic E-state index is 0.0538. The van der Waals surface area contributed by atoms with Crippen LogP contribution in [0.15, 0.2) is 4.42 Å². The zero-order chi connectivity index (χ0) is 12.9. The van der Waals surface area contributed by atoms with E-state index in [4.69, 9.17) is 9.52 Å². The van der Waals surface area contributed by atoms with E-state index in [1.807, 2.05) is 0 Å². The Balaban J connectivity index is 1.90. The predicted molar refractivity (Wildman–Crippen MR) is 56.6 cm³/mol. The van der Waals surface area contributed by atoms with Gasteiger partial charge in [-0.05, 0) is 24.7 Å². The average Bonchev–Trinajstić information content (AvgIpc) is 2.88. The van der Waals surface area contributed by atoms with Gasteiger partial charge in [0.05, 0.1) is 0 Å². The molecule has 0 radical (unpaired) electrons. The van der Waals surface area contributed by atoms with Crippen LogP contribution in [0.4, 0.5) is 8.78 Å². The third-order valence-corrected chi connectivity index (χ3v) is 4.01. The zero-order valence-electron chi connectivity index (χ0n) is 9.60. The van der Waals surface area contributed by atoms with Gasteiger partial charge in [0.25, 0.3) is 6.43 Å². The third-order valence-electron chi connectivity index (χ3n) is 4.01. The summed E-state index contributed by atoms with van der Waals surface area (Å²) in [5.74, 6) is -1.04. The molecule has 3 rings (SSSR count). The molecule has 2 saturated carbocycles. The van der Waals surface area contributed by atoms with E-state index in [0.717, 1.165) is 25.7 Å². The Bertz CT molecular complexity index is 474. The smallest absolute Gasteiger partial charge is 0.374 e. The van der Waals surface area contributed by atoms with E-state index >= 15 is 0 Å². The van der Waals surface area contributed by atoms with E-state index in [0.29, 0.717) is 11.8 Å². The average molecular weight is 257 g/mol. The Morgan fingerprint density at radius 2 is 1.94 bits per heavy atom. The molecule has 98 valence electrons. The number of alkyl halides is 2. The van der Waals surface area contributed by atoms with Gasteiger partial charge in [0.15, 0.2) is 11.6 Å². The number of oxazole rings is 1. The van der Waals surface area contributed by atoms with Crippen molar-refractivity contribution in [3.8, 4) is 0 Å². The Hall–Kier alpha value is -1.46. The number of carboxylic acid groups (broad SMARTS) is 1. The number of halogens is 2. The first kappa shape index (κ1) is 11.6. The Labute approximate surface area is 102 Å². The highest BCUT2D eigenvalue weighted by atomic mass is 19.3. The maximum atomic E-state index is 12.7. The van der Waals surface area contributed by atoms with Crippen LogP contribution >= 0.6 is 0 Å². The number of carboxylic acids is 1. The number of nitrogens with zero attached hydrogens (tertiary/aromatic N) is 1. The molecule has 1 aromatic heterocycles. The third kappa shape index (κ3) is 1.71. The molecule has 1 heterocycles. The maximum absolute atomic E-state index is 12.7. The molecule has 4 nitrogen and oxygen atoms in total. The highest BCUT2D eigenvalue weighted by molar-refractivity contribution is 5.85. The van der Waals surface area contributed by atoms with E-state index in [2.05, 4.69) is 4.98 Å². The molecule has 2 fully saturated rings. The lowest BCUT2D eigenvalue weighted by molar-refractivity contribution is 0.0644. The molecule has 0 amide bonds. The summed E-state index contributed by atoms with van der Waals surface area (Å²) in [6.07, 6.45) is 1.50. The normalized spacial score (nSPS) is 30.3. The van der Waals surface area contributed by atoms with E-state index < -0.39 is 23.8 Å². The van der Waals surface area contributed by atoms with E-state index in [1.165, 1.54) is 0 Å². The lowest BCUT2D eigenvalue weighted by atomic mass is 10.0. The van der Waals surface area contributed by atoms with Gasteiger partial charge in [0.2, 0.25) is 5.76 Å². The molecular formula is C12H13F2NO3. The van der Waals surface area contributed by atoms with Gasteiger partial charge in [-0.15, -0.1) is 0 Å². The van der Waals surface area contributed by atoms with Crippen LogP contribution < -0.4 is 0 Å². The summed E-state index contributed by atoms with van der Waals surface area (Å²) in [6, 6.07) is 0. The Kier molecular flexibility index (Phi) is 2.60. The van der Waals surface area contributed by atoms with Gasteiger partial charge in [0, 0.05) is 5.92 Å². The number of aromatic carboxylic acids is 1. The van der Waals surface area contributed by atoms with Crippen LogP contribution in [0.25, 0.3) is 0 Å². The van der Waals surface area contributed by atoms with Crippen molar-refractivity contribution < 1.29 is 23.1 Å². The molecule has 6 heteroatoms. The van der Waals surface area contributed by atoms with Crippen molar-refractivity contribution in [1.82, 2.24) is 4.98 Å². The van der Waals surface area contributed by atoms with Gasteiger partial charge in [-0.3, -0.25) is 0 Å². The minimum Gasteiger partial charge on any atom is -0.475 e. The number of hydrogen-bond acceptors (Lipinski definition) is 3. The summed E-state index contributed by atoms with van der Waals surface area (Å²) in [6.45, 7) is 0. The van der Waals surface area contributed by atoms with Gasteiger partial charge in [-0.1, -0.05) is 12.8 Å². The Morgan fingerprint density at radius 1 is 1.33 bits per heavy atom. The van der Waals surface area contributed by atoms with Crippen molar-refractivity contribution in [2.45, 2.75) is 38.0 Å². The summed E-state index contributed by atoms with van der Waals surface area (Å²) < 4.78 is 30.4. The molecule has 0 aliphatic heterocycles. The number of rotatable bonds is 3. The quantitative estimate of drug-likeness (QED) is 0.903. The zero-order valence-corrected chi connectivity index (χ0v) is 9.60. The second-order valence-corrected chi connectivity index (χ2v) is 5.01. The molecule has 18 heavy (non-hydrogen) atoms.